The van der Waals surface area contributed by atoms with Crippen LogP contribution in [-0.2, 0) is 4.79 Å². The third-order valence-electron chi connectivity index (χ3n) is 4.05. The van der Waals surface area contributed by atoms with Gasteiger partial charge in [0.2, 0.25) is 0 Å². The number of hydrogen-bond acceptors (Lipinski definition) is 3. The molecular weight excluding hydrogens is 266 g/mol. The molecule has 0 unspecified atom stereocenters. The van der Waals surface area contributed by atoms with Crippen LogP contribution in [0.3, 0.4) is 0 Å². The van der Waals surface area contributed by atoms with Crippen LogP contribution in [0.5, 0.6) is 5.75 Å². The lowest BCUT2D eigenvalue weighted by Gasteiger charge is -2.27. The van der Waals surface area contributed by atoms with Crippen molar-refractivity contribution < 1.29 is 14.3 Å². The van der Waals surface area contributed by atoms with Crippen molar-refractivity contribution >= 4 is 11.7 Å². The Hall–Kier alpha value is -1.84. The molecule has 21 heavy (non-hydrogen) atoms. The number of carbonyl (C=O) groups is 2. The first kappa shape index (κ1) is 15.5. The zero-order chi connectivity index (χ0) is 15.2. The lowest BCUT2D eigenvalue weighted by atomic mass is 10.1. The van der Waals surface area contributed by atoms with Gasteiger partial charge in [-0.15, -0.1) is 0 Å². The van der Waals surface area contributed by atoms with Crippen molar-refractivity contribution in [3.05, 3.63) is 29.8 Å². The lowest BCUT2D eigenvalue weighted by Crippen LogP contribution is -2.41. The molecule has 0 spiro atoms. The fraction of sp³-hybridized carbons (Fsp3) is 0.529. The molecule has 4 nitrogen and oxygen atoms in total. The molecule has 4 heteroatoms. The molecule has 0 aliphatic heterocycles. The number of rotatable bonds is 6. The number of benzene rings is 1. The van der Waals surface area contributed by atoms with Crippen LogP contribution in [-0.4, -0.2) is 35.8 Å². The lowest BCUT2D eigenvalue weighted by molar-refractivity contribution is -0.135. The summed E-state index contributed by atoms with van der Waals surface area (Å²) in [6, 6.07) is 7.28. The second-order valence-corrected chi connectivity index (χ2v) is 5.49. The van der Waals surface area contributed by atoms with Gasteiger partial charge in [-0.25, -0.2) is 0 Å². The van der Waals surface area contributed by atoms with Crippen LogP contribution < -0.4 is 4.74 Å². The summed E-state index contributed by atoms with van der Waals surface area (Å²) in [6.07, 6.45) is 4.63. The van der Waals surface area contributed by atoms with Gasteiger partial charge in [0.25, 0.3) is 5.91 Å². The molecule has 1 amide bonds. The van der Waals surface area contributed by atoms with E-state index in [1.165, 1.54) is 19.8 Å². The van der Waals surface area contributed by atoms with Crippen LogP contribution in [0.2, 0.25) is 0 Å². The van der Waals surface area contributed by atoms with Crippen molar-refractivity contribution in [1.82, 2.24) is 4.90 Å². The maximum Gasteiger partial charge on any atom is 0.260 e. The number of ketones is 1. The molecule has 0 saturated heterocycles. The zero-order valence-corrected chi connectivity index (χ0v) is 12.8. The van der Waals surface area contributed by atoms with E-state index < -0.39 is 0 Å². The first-order chi connectivity index (χ1) is 10.1. The molecular formula is C17H23NO3. The number of nitrogens with zero attached hydrogens (tertiary/aromatic N) is 1. The quantitative estimate of drug-likeness (QED) is 0.756. The molecule has 1 aromatic rings. The Labute approximate surface area is 126 Å². The fourth-order valence-corrected chi connectivity index (χ4v) is 2.87. The predicted octanol–water partition coefficient (Wildman–Crippen LogP) is 3.06. The minimum Gasteiger partial charge on any atom is -0.484 e. The maximum atomic E-state index is 12.3. The standard InChI is InChI=1S/C17H23NO3/c1-3-18(15-6-4-5-7-15)17(20)12-21-16-10-8-14(9-11-16)13(2)19/h8-11,15H,3-7,12H2,1-2H3. The number of ether oxygens (including phenoxy) is 1. The number of hydrogen-bond donors (Lipinski definition) is 0. The van der Waals surface area contributed by atoms with Crippen molar-refractivity contribution in [3.8, 4) is 5.75 Å². The first-order valence-electron chi connectivity index (χ1n) is 7.65. The van der Waals surface area contributed by atoms with E-state index in [9.17, 15) is 9.59 Å². The Morgan fingerprint density at radius 2 is 1.81 bits per heavy atom. The van der Waals surface area contributed by atoms with E-state index in [2.05, 4.69) is 0 Å². The van der Waals surface area contributed by atoms with Crippen LogP contribution >= 0.6 is 0 Å². The molecule has 114 valence electrons. The van der Waals surface area contributed by atoms with E-state index in [4.69, 9.17) is 4.74 Å². The fourth-order valence-electron chi connectivity index (χ4n) is 2.87. The molecule has 0 bridgehead atoms. The van der Waals surface area contributed by atoms with Crippen molar-refractivity contribution in [2.75, 3.05) is 13.2 Å². The van der Waals surface area contributed by atoms with Gasteiger partial charge >= 0.3 is 0 Å². The monoisotopic (exact) mass is 289 g/mol. The van der Waals surface area contributed by atoms with Crippen molar-refractivity contribution in [1.29, 1.82) is 0 Å². The molecule has 0 atom stereocenters. The number of likely N-dealkylation sites (N-methyl/N-ethyl adjacent to an activating group) is 1. The Morgan fingerprint density at radius 1 is 1.19 bits per heavy atom. The second kappa shape index (κ2) is 7.25. The normalized spacial score (nSPS) is 15.0. The van der Waals surface area contributed by atoms with Crippen molar-refractivity contribution in [2.24, 2.45) is 0 Å². The SMILES string of the molecule is CCN(C(=O)COc1ccc(C(C)=O)cc1)C1CCCC1. The van der Waals surface area contributed by atoms with Crippen LogP contribution in [0, 0.1) is 0 Å². The van der Waals surface area contributed by atoms with Crippen LogP contribution in [0.4, 0.5) is 0 Å². The number of carbonyl (C=O) groups excluding carboxylic acids is 2. The van der Waals surface area contributed by atoms with Crippen molar-refractivity contribution in [3.63, 3.8) is 0 Å². The molecule has 1 aliphatic carbocycles. The molecule has 2 rings (SSSR count). The van der Waals surface area contributed by atoms with E-state index in [1.807, 2.05) is 11.8 Å². The highest BCUT2D eigenvalue weighted by molar-refractivity contribution is 5.94. The average Bonchev–Trinajstić information content (AvgIpc) is 3.00. The zero-order valence-electron chi connectivity index (χ0n) is 12.8. The van der Waals surface area contributed by atoms with E-state index in [0.29, 0.717) is 17.4 Å². The van der Waals surface area contributed by atoms with Gasteiger partial charge in [0.1, 0.15) is 5.75 Å². The summed E-state index contributed by atoms with van der Waals surface area (Å²) < 4.78 is 5.54. The average molecular weight is 289 g/mol. The highest BCUT2D eigenvalue weighted by Gasteiger charge is 2.25. The summed E-state index contributed by atoms with van der Waals surface area (Å²) >= 11 is 0. The van der Waals surface area contributed by atoms with E-state index in [0.717, 1.165) is 19.4 Å². The predicted molar refractivity (Wildman–Crippen MR) is 81.6 cm³/mol. The molecule has 0 radical (unpaired) electrons. The smallest absolute Gasteiger partial charge is 0.260 e. The molecule has 0 N–H and O–H groups in total. The first-order valence-corrected chi connectivity index (χ1v) is 7.65. The van der Waals surface area contributed by atoms with E-state index in [-0.39, 0.29) is 18.3 Å². The molecule has 1 saturated carbocycles. The summed E-state index contributed by atoms with van der Waals surface area (Å²) in [6.45, 7) is 4.33. The van der Waals surface area contributed by atoms with Gasteiger partial charge in [0, 0.05) is 18.2 Å². The summed E-state index contributed by atoms with van der Waals surface area (Å²) in [5, 5.41) is 0. The summed E-state index contributed by atoms with van der Waals surface area (Å²) in [4.78, 5) is 25.4. The highest BCUT2D eigenvalue weighted by Crippen LogP contribution is 2.23. The van der Waals surface area contributed by atoms with Gasteiger partial charge in [-0.2, -0.15) is 0 Å². The van der Waals surface area contributed by atoms with Gasteiger partial charge in [-0.3, -0.25) is 9.59 Å². The van der Waals surface area contributed by atoms with E-state index >= 15 is 0 Å². The number of amides is 1. The summed E-state index contributed by atoms with van der Waals surface area (Å²) in [5.41, 5.74) is 0.648. The third-order valence-corrected chi connectivity index (χ3v) is 4.05. The maximum absolute atomic E-state index is 12.3. The Balaban J connectivity index is 1.88. The third kappa shape index (κ3) is 4.06. The highest BCUT2D eigenvalue weighted by atomic mass is 16.5. The molecule has 0 aromatic heterocycles. The van der Waals surface area contributed by atoms with Crippen molar-refractivity contribution in [2.45, 2.75) is 45.6 Å². The van der Waals surface area contributed by atoms with E-state index in [1.54, 1.807) is 24.3 Å². The second-order valence-electron chi connectivity index (χ2n) is 5.49. The molecule has 1 aliphatic rings. The summed E-state index contributed by atoms with van der Waals surface area (Å²) in [5.74, 6) is 0.687. The van der Waals surface area contributed by atoms with Gasteiger partial charge in [0.15, 0.2) is 12.4 Å². The minimum absolute atomic E-state index is 0.0241. The van der Waals surface area contributed by atoms with Gasteiger partial charge in [0.05, 0.1) is 0 Å². The van der Waals surface area contributed by atoms with Gasteiger partial charge < -0.3 is 9.64 Å². The Bertz CT molecular complexity index is 489. The topological polar surface area (TPSA) is 46.6 Å². The summed E-state index contributed by atoms with van der Waals surface area (Å²) in [7, 11) is 0. The Kier molecular flexibility index (Phi) is 5.37. The molecule has 1 fully saturated rings. The number of Topliss-reactive ketones (excluding diaryl/α,β-unsaturated/α-hetero) is 1. The van der Waals surface area contributed by atoms with Crippen LogP contribution in [0.25, 0.3) is 0 Å². The van der Waals surface area contributed by atoms with Crippen LogP contribution in [0.1, 0.15) is 49.9 Å². The van der Waals surface area contributed by atoms with Gasteiger partial charge in [-0.05, 0) is 51.0 Å². The largest absolute Gasteiger partial charge is 0.484 e. The molecule has 1 aromatic carbocycles. The van der Waals surface area contributed by atoms with Gasteiger partial charge in [-0.1, -0.05) is 12.8 Å². The van der Waals surface area contributed by atoms with Crippen LogP contribution in [0.15, 0.2) is 24.3 Å². The minimum atomic E-state index is 0.0241. The Morgan fingerprint density at radius 3 is 2.33 bits per heavy atom. The molecule has 0 heterocycles.